The molecule has 0 radical (unpaired) electrons. The first-order valence-electron chi connectivity index (χ1n) is 8.78. The third-order valence-electron chi connectivity index (χ3n) is 4.34. The second-order valence-electron chi connectivity index (χ2n) is 6.21. The Morgan fingerprint density at radius 2 is 1.52 bits per heavy atom. The van der Waals surface area contributed by atoms with Crippen LogP contribution in [-0.2, 0) is 6.61 Å². The van der Waals surface area contributed by atoms with E-state index in [2.05, 4.69) is 51.3 Å². The maximum absolute atomic E-state index is 6.14. The van der Waals surface area contributed by atoms with Gasteiger partial charge in [0.1, 0.15) is 12.4 Å². The fourth-order valence-corrected chi connectivity index (χ4v) is 3.20. The Morgan fingerprint density at radius 1 is 0.778 bits per heavy atom. The van der Waals surface area contributed by atoms with Gasteiger partial charge in [-0.1, -0.05) is 76.6 Å². The van der Waals surface area contributed by atoms with Crippen LogP contribution >= 0.6 is 15.9 Å². The lowest BCUT2D eigenvalue weighted by Crippen LogP contribution is -1.99. The van der Waals surface area contributed by atoms with Gasteiger partial charge in [-0.25, -0.2) is 0 Å². The molecule has 4 aromatic carbocycles. The Hall–Kier alpha value is -2.91. The average Bonchev–Trinajstić information content (AvgIpc) is 2.73. The SMILES string of the molecule is Brc1ccc(N=Cc2c(OCc3ccccc3)ccc3ccccc23)cc1. The van der Waals surface area contributed by atoms with E-state index in [1.54, 1.807) is 0 Å². The first kappa shape index (κ1) is 17.5. The number of nitrogens with zero attached hydrogens (tertiary/aromatic N) is 1. The summed E-state index contributed by atoms with van der Waals surface area (Å²) in [6.45, 7) is 0.526. The molecule has 0 aliphatic heterocycles. The van der Waals surface area contributed by atoms with E-state index in [1.807, 2.05) is 66.9 Å². The monoisotopic (exact) mass is 415 g/mol. The minimum Gasteiger partial charge on any atom is -0.488 e. The molecule has 0 heterocycles. The minimum absolute atomic E-state index is 0.526. The molecule has 0 aromatic heterocycles. The molecule has 4 rings (SSSR count). The van der Waals surface area contributed by atoms with Gasteiger partial charge in [0.25, 0.3) is 0 Å². The molecule has 0 saturated heterocycles. The number of hydrogen-bond donors (Lipinski definition) is 0. The van der Waals surface area contributed by atoms with E-state index in [1.165, 1.54) is 5.39 Å². The van der Waals surface area contributed by atoms with Crippen LogP contribution in [0.2, 0.25) is 0 Å². The van der Waals surface area contributed by atoms with E-state index < -0.39 is 0 Å². The third-order valence-corrected chi connectivity index (χ3v) is 4.87. The molecular formula is C24H18BrNO. The molecule has 0 fully saturated rings. The minimum atomic E-state index is 0.526. The molecule has 3 heteroatoms. The van der Waals surface area contributed by atoms with Gasteiger partial charge >= 0.3 is 0 Å². The van der Waals surface area contributed by atoms with Crippen molar-refractivity contribution in [3.63, 3.8) is 0 Å². The van der Waals surface area contributed by atoms with Gasteiger partial charge in [-0.2, -0.15) is 0 Å². The highest BCUT2D eigenvalue weighted by atomic mass is 79.9. The van der Waals surface area contributed by atoms with Gasteiger partial charge < -0.3 is 4.74 Å². The second kappa shape index (κ2) is 8.19. The van der Waals surface area contributed by atoms with Gasteiger partial charge in [0, 0.05) is 16.3 Å². The largest absolute Gasteiger partial charge is 0.488 e. The summed E-state index contributed by atoms with van der Waals surface area (Å²) in [5.41, 5.74) is 3.04. The first-order valence-corrected chi connectivity index (χ1v) is 9.57. The highest BCUT2D eigenvalue weighted by Gasteiger charge is 2.07. The molecule has 0 amide bonds. The van der Waals surface area contributed by atoms with Crippen molar-refractivity contribution in [3.05, 3.63) is 107 Å². The number of halogens is 1. The van der Waals surface area contributed by atoms with Crippen LogP contribution < -0.4 is 4.74 Å². The predicted octanol–water partition coefficient (Wildman–Crippen LogP) is 6.93. The van der Waals surface area contributed by atoms with Gasteiger partial charge in [-0.05, 0) is 46.7 Å². The zero-order valence-electron chi connectivity index (χ0n) is 14.7. The molecule has 0 bridgehead atoms. The Balaban J connectivity index is 1.70. The van der Waals surface area contributed by atoms with Crippen LogP contribution in [0.5, 0.6) is 5.75 Å². The number of rotatable bonds is 5. The van der Waals surface area contributed by atoms with Crippen molar-refractivity contribution < 1.29 is 4.74 Å². The van der Waals surface area contributed by atoms with Crippen LogP contribution in [0.4, 0.5) is 5.69 Å². The Morgan fingerprint density at radius 3 is 2.33 bits per heavy atom. The van der Waals surface area contributed by atoms with Gasteiger partial charge in [-0.3, -0.25) is 4.99 Å². The van der Waals surface area contributed by atoms with E-state index in [0.717, 1.165) is 32.4 Å². The van der Waals surface area contributed by atoms with Crippen molar-refractivity contribution in [2.45, 2.75) is 6.61 Å². The van der Waals surface area contributed by atoms with Crippen LogP contribution in [0.1, 0.15) is 11.1 Å². The summed E-state index contributed by atoms with van der Waals surface area (Å²) in [6.07, 6.45) is 1.89. The molecule has 2 nitrogen and oxygen atoms in total. The molecule has 0 aliphatic carbocycles. The third kappa shape index (κ3) is 4.26. The first-order chi connectivity index (χ1) is 13.3. The molecule has 0 spiro atoms. The number of benzene rings is 4. The van der Waals surface area contributed by atoms with Crippen LogP contribution in [0.25, 0.3) is 10.8 Å². The molecule has 0 atom stereocenters. The normalized spacial score (nSPS) is 11.1. The predicted molar refractivity (Wildman–Crippen MR) is 116 cm³/mol. The van der Waals surface area contributed by atoms with Crippen LogP contribution in [-0.4, -0.2) is 6.21 Å². The highest BCUT2D eigenvalue weighted by Crippen LogP contribution is 2.28. The van der Waals surface area contributed by atoms with Crippen molar-refractivity contribution in [1.82, 2.24) is 0 Å². The van der Waals surface area contributed by atoms with Gasteiger partial charge in [0.05, 0.1) is 5.69 Å². The van der Waals surface area contributed by atoms with E-state index >= 15 is 0 Å². The smallest absolute Gasteiger partial charge is 0.129 e. The lowest BCUT2D eigenvalue weighted by Gasteiger charge is -2.12. The summed E-state index contributed by atoms with van der Waals surface area (Å²) in [5.74, 6) is 0.832. The van der Waals surface area contributed by atoms with E-state index in [4.69, 9.17) is 4.74 Å². The summed E-state index contributed by atoms with van der Waals surface area (Å²) in [6, 6.07) is 30.5. The Kier molecular flexibility index (Phi) is 5.31. The lowest BCUT2D eigenvalue weighted by atomic mass is 10.0. The standard InChI is InChI=1S/C24H18BrNO/c25-20-11-13-21(14-12-20)26-16-23-22-9-5-4-8-19(22)10-15-24(23)27-17-18-6-2-1-3-7-18/h1-16H,17H2. The molecule has 27 heavy (non-hydrogen) atoms. The van der Waals surface area contributed by atoms with Crippen LogP contribution in [0.3, 0.4) is 0 Å². The van der Waals surface area contributed by atoms with Gasteiger partial charge in [-0.15, -0.1) is 0 Å². The summed E-state index contributed by atoms with van der Waals surface area (Å²) < 4.78 is 7.18. The molecule has 0 saturated carbocycles. The van der Waals surface area contributed by atoms with Gasteiger partial charge in [0.15, 0.2) is 0 Å². The Bertz CT molecular complexity index is 1070. The zero-order valence-corrected chi connectivity index (χ0v) is 16.3. The maximum atomic E-state index is 6.14. The van der Waals surface area contributed by atoms with Crippen LogP contribution in [0.15, 0.2) is 100 Å². The van der Waals surface area contributed by atoms with Crippen molar-refractivity contribution >= 4 is 38.6 Å². The van der Waals surface area contributed by atoms with E-state index in [-0.39, 0.29) is 0 Å². The van der Waals surface area contributed by atoms with Gasteiger partial charge in [0.2, 0.25) is 0 Å². The fourth-order valence-electron chi connectivity index (χ4n) is 2.94. The molecular weight excluding hydrogens is 398 g/mol. The fraction of sp³-hybridized carbons (Fsp3) is 0.0417. The summed E-state index contributed by atoms with van der Waals surface area (Å²) in [5, 5.41) is 2.30. The number of hydrogen-bond acceptors (Lipinski definition) is 2. The molecule has 0 unspecified atom stereocenters. The number of aliphatic imine (C=N–C) groups is 1. The van der Waals surface area contributed by atoms with Crippen molar-refractivity contribution in [1.29, 1.82) is 0 Å². The van der Waals surface area contributed by atoms with E-state index in [0.29, 0.717) is 6.61 Å². The van der Waals surface area contributed by atoms with Crippen LogP contribution in [0, 0.1) is 0 Å². The second-order valence-corrected chi connectivity index (χ2v) is 7.12. The van der Waals surface area contributed by atoms with Crippen molar-refractivity contribution in [3.8, 4) is 5.75 Å². The number of ether oxygens (including phenoxy) is 1. The summed E-state index contributed by atoms with van der Waals surface area (Å²) in [4.78, 5) is 4.66. The average molecular weight is 416 g/mol. The molecule has 0 aliphatic rings. The Labute approximate surface area is 167 Å². The van der Waals surface area contributed by atoms with Crippen molar-refractivity contribution in [2.24, 2.45) is 4.99 Å². The number of fused-ring (bicyclic) bond motifs is 1. The lowest BCUT2D eigenvalue weighted by molar-refractivity contribution is 0.306. The summed E-state index contributed by atoms with van der Waals surface area (Å²) in [7, 11) is 0. The van der Waals surface area contributed by atoms with E-state index in [9.17, 15) is 0 Å². The highest BCUT2D eigenvalue weighted by molar-refractivity contribution is 9.10. The molecule has 132 valence electrons. The molecule has 4 aromatic rings. The molecule has 0 N–H and O–H groups in total. The topological polar surface area (TPSA) is 21.6 Å². The quantitative estimate of drug-likeness (QED) is 0.323. The summed E-state index contributed by atoms with van der Waals surface area (Å²) >= 11 is 3.46. The van der Waals surface area contributed by atoms with Crippen molar-refractivity contribution in [2.75, 3.05) is 0 Å². The zero-order chi connectivity index (χ0) is 18.5. The maximum Gasteiger partial charge on any atom is 0.129 e.